The van der Waals surface area contributed by atoms with Gasteiger partial charge in [0.15, 0.2) is 5.43 Å². The fourth-order valence-corrected chi connectivity index (χ4v) is 6.41. The number of aromatic nitrogens is 2. The summed E-state index contributed by atoms with van der Waals surface area (Å²) < 4.78 is 45.3. The average Bonchev–Trinajstić information content (AvgIpc) is 3.32. The number of nitriles is 1. The number of nitrogens with one attached hydrogen (secondary N) is 1. The van der Waals surface area contributed by atoms with Gasteiger partial charge >= 0.3 is 10.2 Å². The molecule has 0 atom stereocenters. The van der Waals surface area contributed by atoms with Crippen LogP contribution in [0.25, 0.3) is 44.0 Å². The summed E-state index contributed by atoms with van der Waals surface area (Å²) in [6, 6.07) is 16.8. The van der Waals surface area contributed by atoms with Crippen LogP contribution in [-0.2, 0) is 10.2 Å². The number of rotatable bonds is 5. The van der Waals surface area contributed by atoms with E-state index in [9.17, 15) is 22.4 Å². The monoisotopic (exact) mass is 543 g/mol. The number of nitrogens with zero attached hydrogens (tertiary/aromatic N) is 2. The molecular formula is C30H26FN3O4S. The number of pyridine rings is 1. The number of ether oxygens (including phenoxy) is 1. The summed E-state index contributed by atoms with van der Waals surface area (Å²) in [6.07, 6.45) is 5.19. The van der Waals surface area contributed by atoms with Crippen LogP contribution in [0.15, 0.2) is 64.3 Å². The lowest BCUT2D eigenvalue weighted by Gasteiger charge is -2.27. The third-order valence-electron chi connectivity index (χ3n) is 7.64. The average molecular weight is 544 g/mol. The van der Waals surface area contributed by atoms with E-state index in [4.69, 9.17) is 4.74 Å². The van der Waals surface area contributed by atoms with E-state index in [1.54, 1.807) is 24.3 Å². The number of benzene rings is 3. The Balaban J connectivity index is 1.74. The largest absolute Gasteiger partial charge is 0.493 e. The predicted octanol–water partition coefficient (Wildman–Crippen LogP) is 6.74. The lowest BCUT2D eigenvalue weighted by Crippen LogP contribution is -2.18. The second-order valence-corrected chi connectivity index (χ2v) is 11.3. The molecule has 7 nitrogen and oxygen atoms in total. The maximum absolute atomic E-state index is 14.1. The molecule has 39 heavy (non-hydrogen) atoms. The minimum absolute atomic E-state index is 0.135. The van der Waals surface area contributed by atoms with Crippen molar-refractivity contribution < 1.29 is 17.0 Å². The Labute approximate surface area is 224 Å². The van der Waals surface area contributed by atoms with Gasteiger partial charge in [-0.2, -0.15) is 13.7 Å². The molecule has 0 aliphatic heterocycles. The molecule has 0 bridgehead atoms. The van der Waals surface area contributed by atoms with Crippen LogP contribution in [-0.4, -0.2) is 24.6 Å². The van der Waals surface area contributed by atoms with Crippen molar-refractivity contribution in [3.63, 3.8) is 0 Å². The van der Waals surface area contributed by atoms with E-state index >= 15 is 0 Å². The van der Waals surface area contributed by atoms with Crippen molar-refractivity contribution in [1.82, 2.24) is 9.55 Å². The molecule has 1 fully saturated rings. The van der Waals surface area contributed by atoms with Gasteiger partial charge in [0.1, 0.15) is 11.4 Å². The van der Waals surface area contributed by atoms with E-state index in [0.29, 0.717) is 56.5 Å². The van der Waals surface area contributed by atoms with Gasteiger partial charge in [0.2, 0.25) is 0 Å². The molecule has 1 aliphatic rings. The fourth-order valence-electron chi connectivity index (χ4n) is 5.90. The maximum atomic E-state index is 14.1. The number of hydrogen-bond acceptors (Lipinski definition) is 5. The molecule has 2 heterocycles. The Hall–Kier alpha value is -4.16. The molecule has 0 radical (unpaired) electrons. The van der Waals surface area contributed by atoms with Gasteiger partial charge < -0.3 is 14.3 Å². The lowest BCUT2D eigenvalue weighted by atomic mass is 9.93. The molecule has 0 unspecified atom stereocenters. The molecule has 5 aromatic rings. The minimum atomic E-state index is -4.91. The SMILES string of the molecule is CCOc1cc2c(=O)c3c4ccc(C#N)cc4[nH]c3n(C3CCCCC3)c2cc1-c1cccc(S(=O)(=O)F)c1. The summed E-state index contributed by atoms with van der Waals surface area (Å²) >= 11 is 0. The second kappa shape index (κ2) is 9.54. The smallest absolute Gasteiger partial charge is 0.332 e. The third kappa shape index (κ3) is 4.25. The topological polar surface area (TPSA) is 105 Å². The van der Waals surface area contributed by atoms with E-state index in [-0.39, 0.29) is 11.5 Å². The molecule has 2 aromatic heterocycles. The Kier molecular flexibility index (Phi) is 6.15. The molecule has 1 N–H and O–H groups in total. The Bertz CT molecular complexity index is 1980. The van der Waals surface area contributed by atoms with Crippen LogP contribution in [0, 0.1) is 11.3 Å². The number of halogens is 1. The molecule has 0 spiro atoms. The van der Waals surface area contributed by atoms with Gasteiger partial charge in [-0.25, -0.2) is 0 Å². The minimum Gasteiger partial charge on any atom is -0.493 e. The molecule has 6 rings (SSSR count). The van der Waals surface area contributed by atoms with Crippen LogP contribution in [0.5, 0.6) is 5.75 Å². The molecule has 1 aliphatic carbocycles. The first-order chi connectivity index (χ1) is 18.8. The molecule has 3 aromatic carbocycles. The molecule has 1 saturated carbocycles. The van der Waals surface area contributed by atoms with Gasteiger partial charge in [0.05, 0.1) is 39.4 Å². The normalized spacial score (nSPS) is 14.7. The van der Waals surface area contributed by atoms with E-state index in [0.717, 1.165) is 37.5 Å². The van der Waals surface area contributed by atoms with Crippen molar-refractivity contribution in [2.45, 2.75) is 50.0 Å². The van der Waals surface area contributed by atoms with Crippen molar-refractivity contribution in [1.29, 1.82) is 5.26 Å². The first-order valence-electron chi connectivity index (χ1n) is 13.1. The summed E-state index contributed by atoms with van der Waals surface area (Å²) in [6.45, 7) is 2.15. The van der Waals surface area contributed by atoms with Crippen LogP contribution in [0.1, 0.15) is 50.6 Å². The summed E-state index contributed by atoms with van der Waals surface area (Å²) in [5.74, 6) is 0.414. The van der Waals surface area contributed by atoms with Crippen LogP contribution in [0.2, 0.25) is 0 Å². The molecular weight excluding hydrogens is 517 g/mol. The number of fused-ring (bicyclic) bond motifs is 4. The Morgan fingerprint density at radius 2 is 1.87 bits per heavy atom. The van der Waals surface area contributed by atoms with Crippen LogP contribution >= 0.6 is 0 Å². The predicted molar refractivity (Wildman–Crippen MR) is 149 cm³/mol. The zero-order valence-electron chi connectivity index (χ0n) is 21.3. The quantitative estimate of drug-likeness (QED) is 0.247. The summed E-state index contributed by atoms with van der Waals surface area (Å²) in [5.41, 5.74) is 3.48. The van der Waals surface area contributed by atoms with Crippen molar-refractivity contribution in [2.75, 3.05) is 6.61 Å². The first-order valence-corrected chi connectivity index (χ1v) is 14.4. The molecule has 0 amide bonds. The summed E-state index contributed by atoms with van der Waals surface area (Å²) in [7, 11) is -4.91. The maximum Gasteiger partial charge on any atom is 0.332 e. The number of hydrogen-bond donors (Lipinski definition) is 1. The van der Waals surface area contributed by atoms with E-state index in [1.165, 1.54) is 18.2 Å². The summed E-state index contributed by atoms with van der Waals surface area (Å²) in [5, 5.41) is 11.2. The van der Waals surface area contributed by atoms with Gasteiger partial charge in [-0.3, -0.25) is 4.79 Å². The highest BCUT2D eigenvalue weighted by Crippen LogP contribution is 2.40. The fraction of sp³-hybridized carbons (Fsp3) is 0.267. The van der Waals surface area contributed by atoms with Crippen molar-refractivity contribution in [3.8, 4) is 22.9 Å². The van der Waals surface area contributed by atoms with Crippen LogP contribution in [0.3, 0.4) is 0 Å². The van der Waals surface area contributed by atoms with E-state index < -0.39 is 15.1 Å². The van der Waals surface area contributed by atoms with Crippen molar-refractivity contribution >= 4 is 43.1 Å². The highest BCUT2D eigenvalue weighted by molar-refractivity contribution is 7.86. The molecule has 9 heteroatoms. The second-order valence-electron chi connectivity index (χ2n) is 9.98. The van der Waals surface area contributed by atoms with Gasteiger partial charge in [-0.1, -0.05) is 37.5 Å². The van der Waals surface area contributed by atoms with Gasteiger partial charge in [-0.05, 0) is 61.7 Å². The highest BCUT2D eigenvalue weighted by atomic mass is 32.3. The van der Waals surface area contributed by atoms with E-state index in [2.05, 4.69) is 15.6 Å². The first kappa shape index (κ1) is 25.1. The van der Waals surface area contributed by atoms with E-state index in [1.807, 2.05) is 19.1 Å². The van der Waals surface area contributed by atoms with Gasteiger partial charge in [0.25, 0.3) is 0 Å². The van der Waals surface area contributed by atoms with Crippen LogP contribution in [0.4, 0.5) is 3.89 Å². The standard InChI is InChI=1S/C30H26FN3O4S/c1-2-38-27-16-24-26(15-23(27)19-7-6-10-21(14-19)39(31,36)37)34(20-8-4-3-5-9-20)30-28(29(24)35)22-12-11-18(17-32)13-25(22)33-30/h6-7,10-16,20,33H,2-5,8-9H2,1H3. The van der Waals surface area contributed by atoms with Crippen molar-refractivity contribution in [3.05, 3.63) is 70.4 Å². The van der Waals surface area contributed by atoms with Crippen LogP contribution < -0.4 is 10.2 Å². The third-order valence-corrected chi connectivity index (χ3v) is 8.46. The van der Waals surface area contributed by atoms with Crippen molar-refractivity contribution in [2.24, 2.45) is 0 Å². The molecule has 198 valence electrons. The lowest BCUT2D eigenvalue weighted by molar-refractivity contribution is 0.342. The Morgan fingerprint density at radius 1 is 1.08 bits per heavy atom. The summed E-state index contributed by atoms with van der Waals surface area (Å²) in [4.78, 5) is 17.1. The Morgan fingerprint density at radius 3 is 2.59 bits per heavy atom. The van der Waals surface area contributed by atoms with Gasteiger partial charge in [0, 0.05) is 22.5 Å². The zero-order chi connectivity index (χ0) is 27.3. The molecule has 0 saturated heterocycles. The number of H-pyrrole nitrogens is 1. The highest BCUT2D eigenvalue weighted by Gasteiger charge is 2.25. The van der Waals surface area contributed by atoms with Gasteiger partial charge in [-0.15, -0.1) is 3.89 Å². The zero-order valence-corrected chi connectivity index (χ0v) is 22.1. The number of aromatic amines is 1.